The van der Waals surface area contributed by atoms with Crippen LogP contribution >= 0.6 is 0 Å². The monoisotopic (exact) mass is 265 g/mol. The van der Waals surface area contributed by atoms with Crippen molar-refractivity contribution >= 4 is 12.0 Å². The Labute approximate surface area is 112 Å². The molecule has 1 aromatic heterocycles. The minimum Gasteiger partial charge on any atom is -0.481 e. The van der Waals surface area contributed by atoms with Gasteiger partial charge in [-0.2, -0.15) is 0 Å². The van der Waals surface area contributed by atoms with Gasteiger partial charge in [-0.3, -0.25) is 9.78 Å². The summed E-state index contributed by atoms with van der Waals surface area (Å²) in [6, 6.07) is 3.11. The smallest absolute Gasteiger partial charge is 0.315 e. The maximum Gasteiger partial charge on any atom is 0.315 e. The summed E-state index contributed by atoms with van der Waals surface area (Å²) in [6.45, 7) is 2.34. The molecule has 0 saturated heterocycles. The normalized spacial score (nSPS) is 11.6. The number of hydrogen-bond acceptors (Lipinski definition) is 3. The van der Waals surface area contributed by atoms with E-state index in [1.165, 1.54) is 0 Å². The molecule has 1 heterocycles. The fourth-order valence-corrected chi connectivity index (χ4v) is 1.61. The number of carboxylic acids is 1. The first-order valence-corrected chi connectivity index (χ1v) is 6.27. The highest BCUT2D eigenvalue weighted by Crippen LogP contribution is 1.98. The first-order chi connectivity index (χ1) is 9.11. The molecule has 1 unspecified atom stereocenters. The zero-order valence-electron chi connectivity index (χ0n) is 10.9. The highest BCUT2D eigenvalue weighted by Gasteiger charge is 2.13. The molecule has 0 aromatic carbocycles. The number of aliphatic carboxylic acids is 1. The number of amides is 2. The average molecular weight is 265 g/mol. The second-order valence-corrected chi connectivity index (χ2v) is 4.21. The topological polar surface area (TPSA) is 91.3 Å². The van der Waals surface area contributed by atoms with Crippen molar-refractivity contribution in [2.24, 2.45) is 0 Å². The molecule has 0 aliphatic rings. The van der Waals surface area contributed by atoms with Gasteiger partial charge >= 0.3 is 12.0 Å². The maximum atomic E-state index is 11.6. The molecule has 0 aliphatic heterocycles. The summed E-state index contributed by atoms with van der Waals surface area (Å²) in [5.74, 6) is -0.913. The second-order valence-electron chi connectivity index (χ2n) is 4.21. The van der Waals surface area contributed by atoms with Crippen LogP contribution in [0.4, 0.5) is 4.79 Å². The molecule has 1 aromatic rings. The number of carbonyl (C=O) groups excluding carboxylic acids is 1. The van der Waals surface area contributed by atoms with E-state index in [2.05, 4.69) is 15.6 Å². The molecule has 0 fully saturated rings. The Bertz CT molecular complexity index is 409. The largest absolute Gasteiger partial charge is 0.481 e. The lowest BCUT2D eigenvalue weighted by molar-refractivity contribution is -0.137. The Kier molecular flexibility index (Phi) is 6.35. The van der Waals surface area contributed by atoms with Crippen LogP contribution in [-0.2, 0) is 11.2 Å². The van der Waals surface area contributed by atoms with Crippen LogP contribution in [0.3, 0.4) is 0 Å². The van der Waals surface area contributed by atoms with E-state index in [4.69, 9.17) is 5.11 Å². The van der Waals surface area contributed by atoms with E-state index in [1.807, 2.05) is 19.1 Å². The summed E-state index contributed by atoms with van der Waals surface area (Å²) < 4.78 is 0. The van der Waals surface area contributed by atoms with Crippen molar-refractivity contribution in [3.05, 3.63) is 30.1 Å². The predicted molar refractivity (Wildman–Crippen MR) is 70.8 cm³/mol. The second kappa shape index (κ2) is 8.07. The van der Waals surface area contributed by atoms with Crippen molar-refractivity contribution < 1.29 is 14.7 Å². The lowest BCUT2D eigenvalue weighted by Crippen LogP contribution is -2.43. The molecule has 0 radical (unpaired) electrons. The minimum atomic E-state index is -0.913. The van der Waals surface area contributed by atoms with Gasteiger partial charge in [0.05, 0.1) is 6.42 Å². The third-order valence-electron chi connectivity index (χ3n) is 2.70. The van der Waals surface area contributed by atoms with Crippen LogP contribution < -0.4 is 10.6 Å². The highest BCUT2D eigenvalue weighted by molar-refractivity contribution is 5.75. The van der Waals surface area contributed by atoms with Crippen molar-refractivity contribution in [2.45, 2.75) is 32.2 Å². The molecule has 1 atom stereocenters. The third-order valence-corrected chi connectivity index (χ3v) is 2.70. The van der Waals surface area contributed by atoms with E-state index in [9.17, 15) is 9.59 Å². The number of rotatable bonds is 7. The van der Waals surface area contributed by atoms with Gasteiger partial charge in [0.2, 0.25) is 0 Å². The maximum absolute atomic E-state index is 11.6. The van der Waals surface area contributed by atoms with Gasteiger partial charge in [0, 0.05) is 25.0 Å². The Balaban J connectivity index is 2.25. The molecule has 0 saturated carbocycles. The molecule has 1 rings (SSSR count). The lowest BCUT2D eigenvalue weighted by Gasteiger charge is -2.15. The van der Waals surface area contributed by atoms with E-state index in [0.29, 0.717) is 19.4 Å². The molecule has 3 N–H and O–H groups in total. The number of urea groups is 1. The summed E-state index contributed by atoms with van der Waals surface area (Å²) in [7, 11) is 0. The zero-order valence-corrected chi connectivity index (χ0v) is 10.9. The third kappa shape index (κ3) is 6.40. The molecule has 0 bridgehead atoms. The van der Waals surface area contributed by atoms with Crippen LogP contribution in [0.5, 0.6) is 0 Å². The van der Waals surface area contributed by atoms with E-state index in [0.717, 1.165) is 5.56 Å². The number of carbonyl (C=O) groups is 2. The number of hydrogen-bond donors (Lipinski definition) is 3. The Morgan fingerprint density at radius 1 is 1.37 bits per heavy atom. The number of nitrogens with zero attached hydrogens (tertiary/aromatic N) is 1. The van der Waals surface area contributed by atoms with Gasteiger partial charge in [-0.1, -0.05) is 6.92 Å². The average Bonchev–Trinajstić information content (AvgIpc) is 2.38. The predicted octanol–water partition coefficient (Wildman–Crippen LogP) is 1.18. The summed E-state index contributed by atoms with van der Waals surface area (Å²) in [5, 5.41) is 14.0. The van der Waals surface area contributed by atoms with Gasteiger partial charge in [-0.25, -0.2) is 4.79 Å². The van der Waals surface area contributed by atoms with Crippen LogP contribution in [-0.4, -0.2) is 34.7 Å². The number of pyridine rings is 1. The molecule has 104 valence electrons. The van der Waals surface area contributed by atoms with Crippen molar-refractivity contribution in [3.8, 4) is 0 Å². The first-order valence-electron chi connectivity index (χ1n) is 6.27. The van der Waals surface area contributed by atoms with Gasteiger partial charge in [0.15, 0.2) is 0 Å². The quantitative estimate of drug-likeness (QED) is 0.690. The number of nitrogens with one attached hydrogen (secondary N) is 2. The first kappa shape index (κ1) is 14.9. The highest BCUT2D eigenvalue weighted by atomic mass is 16.4. The van der Waals surface area contributed by atoms with Gasteiger partial charge in [-0.05, 0) is 30.5 Å². The minimum absolute atomic E-state index is 0.0612. The standard InChI is InChI=1S/C13H19N3O3/c1-2-11(9-12(17)18)16-13(19)15-8-5-10-3-6-14-7-4-10/h3-4,6-7,11H,2,5,8-9H2,1H3,(H,17,18)(H2,15,16,19). The fraction of sp³-hybridized carbons (Fsp3) is 0.462. The SMILES string of the molecule is CCC(CC(=O)O)NC(=O)NCCc1ccncc1. The molecule has 6 heteroatoms. The van der Waals surface area contributed by atoms with Crippen LogP contribution in [0.25, 0.3) is 0 Å². The summed E-state index contributed by atoms with van der Waals surface area (Å²) in [5.41, 5.74) is 1.09. The summed E-state index contributed by atoms with van der Waals surface area (Å²) in [6.07, 6.45) is 4.65. The van der Waals surface area contributed by atoms with Gasteiger partial charge in [0.1, 0.15) is 0 Å². The van der Waals surface area contributed by atoms with E-state index in [1.54, 1.807) is 12.4 Å². The Hall–Kier alpha value is -2.11. The van der Waals surface area contributed by atoms with E-state index >= 15 is 0 Å². The van der Waals surface area contributed by atoms with Crippen molar-refractivity contribution in [1.82, 2.24) is 15.6 Å². The van der Waals surface area contributed by atoms with E-state index in [-0.39, 0.29) is 18.5 Å². The van der Waals surface area contributed by atoms with Crippen LogP contribution in [0.15, 0.2) is 24.5 Å². The number of carboxylic acid groups (broad SMARTS) is 1. The van der Waals surface area contributed by atoms with Crippen molar-refractivity contribution in [3.63, 3.8) is 0 Å². The molecule has 2 amide bonds. The van der Waals surface area contributed by atoms with Crippen LogP contribution in [0.1, 0.15) is 25.3 Å². The van der Waals surface area contributed by atoms with Crippen molar-refractivity contribution in [1.29, 1.82) is 0 Å². The molecule has 0 spiro atoms. The molecule has 19 heavy (non-hydrogen) atoms. The Morgan fingerprint density at radius 2 is 2.05 bits per heavy atom. The number of aromatic nitrogens is 1. The fourth-order valence-electron chi connectivity index (χ4n) is 1.61. The lowest BCUT2D eigenvalue weighted by atomic mass is 10.1. The van der Waals surface area contributed by atoms with Gasteiger partial charge < -0.3 is 15.7 Å². The van der Waals surface area contributed by atoms with Crippen LogP contribution in [0.2, 0.25) is 0 Å². The summed E-state index contributed by atoms with van der Waals surface area (Å²) >= 11 is 0. The van der Waals surface area contributed by atoms with Crippen molar-refractivity contribution in [2.75, 3.05) is 6.54 Å². The van der Waals surface area contributed by atoms with Crippen LogP contribution in [0, 0.1) is 0 Å². The molecular formula is C13H19N3O3. The zero-order chi connectivity index (χ0) is 14.1. The Morgan fingerprint density at radius 3 is 2.63 bits per heavy atom. The molecule has 0 aliphatic carbocycles. The van der Waals surface area contributed by atoms with Gasteiger partial charge in [0.25, 0.3) is 0 Å². The summed E-state index contributed by atoms with van der Waals surface area (Å²) in [4.78, 5) is 26.0. The molecule has 6 nitrogen and oxygen atoms in total. The van der Waals surface area contributed by atoms with E-state index < -0.39 is 5.97 Å². The van der Waals surface area contributed by atoms with Gasteiger partial charge in [-0.15, -0.1) is 0 Å². The molecular weight excluding hydrogens is 246 g/mol.